The first kappa shape index (κ1) is 22.7. The van der Waals surface area contributed by atoms with Crippen molar-refractivity contribution in [2.75, 3.05) is 6.61 Å². The molecule has 172 valence electrons. The minimum atomic E-state index is -4.73. The van der Waals surface area contributed by atoms with E-state index in [1.807, 2.05) is 19.1 Å². The molecule has 0 saturated carbocycles. The predicted molar refractivity (Wildman–Crippen MR) is 116 cm³/mol. The second kappa shape index (κ2) is 9.58. The molecule has 4 rings (SSSR count). The summed E-state index contributed by atoms with van der Waals surface area (Å²) in [4.78, 5) is 8.86. The van der Waals surface area contributed by atoms with Gasteiger partial charge in [-0.1, -0.05) is 23.7 Å². The third-order valence-corrected chi connectivity index (χ3v) is 4.96. The van der Waals surface area contributed by atoms with Gasteiger partial charge in [-0.3, -0.25) is 4.57 Å². The fourth-order valence-electron chi connectivity index (χ4n) is 3.19. The van der Waals surface area contributed by atoms with Crippen LogP contribution >= 0.6 is 11.6 Å². The van der Waals surface area contributed by atoms with Gasteiger partial charge in [0.15, 0.2) is 0 Å². The average Bonchev–Trinajstić information content (AvgIpc) is 3.38. The lowest BCUT2D eigenvalue weighted by Crippen LogP contribution is -2.16. The molecule has 2 heterocycles. The number of rotatable bonds is 8. The Labute approximate surface area is 192 Å². The van der Waals surface area contributed by atoms with Crippen molar-refractivity contribution < 1.29 is 27.1 Å². The molecule has 4 aromatic rings. The number of oxazole rings is 1. The third-order valence-electron chi connectivity index (χ3n) is 4.71. The molecule has 0 amide bonds. The van der Waals surface area contributed by atoms with Crippen molar-refractivity contribution in [3.05, 3.63) is 77.5 Å². The summed E-state index contributed by atoms with van der Waals surface area (Å²) in [6, 6.07) is 13.0. The monoisotopic (exact) mass is 477 g/mol. The van der Waals surface area contributed by atoms with Gasteiger partial charge in [0, 0.05) is 29.4 Å². The van der Waals surface area contributed by atoms with E-state index in [1.165, 1.54) is 24.3 Å². The van der Waals surface area contributed by atoms with Gasteiger partial charge in [-0.25, -0.2) is 4.98 Å². The molecule has 2 aromatic heterocycles. The van der Waals surface area contributed by atoms with E-state index in [1.54, 1.807) is 29.1 Å². The number of imidazole rings is 1. The highest BCUT2D eigenvalue weighted by atomic mass is 35.5. The maximum atomic E-state index is 12.3. The molecule has 0 fully saturated rings. The zero-order valence-corrected chi connectivity index (χ0v) is 18.2. The van der Waals surface area contributed by atoms with Crippen LogP contribution in [0.4, 0.5) is 13.2 Å². The minimum absolute atomic E-state index is 0.300. The normalized spacial score (nSPS) is 11.5. The highest BCUT2D eigenvalue weighted by molar-refractivity contribution is 6.30. The SMILES string of the molecule is Cc1nccn1-c1nc(-c2ccc(Cl)cc2)c(CCCOc2ccc(OC(F)(F)F)cc2)o1. The summed E-state index contributed by atoms with van der Waals surface area (Å²) in [5, 5.41) is 0.620. The molecule has 6 nitrogen and oxygen atoms in total. The number of hydrogen-bond donors (Lipinski definition) is 0. The summed E-state index contributed by atoms with van der Waals surface area (Å²) in [6.07, 6.45) is -0.159. The summed E-state index contributed by atoms with van der Waals surface area (Å²) in [6.45, 7) is 2.18. The lowest BCUT2D eigenvalue weighted by Gasteiger charge is -2.10. The highest BCUT2D eigenvalue weighted by Crippen LogP contribution is 2.29. The summed E-state index contributed by atoms with van der Waals surface area (Å²) >= 11 is 6.01. The van der Waals surface area contributed by atoms with Gasteiger partial charge in [-0.2, -0.15) is 4.98 Å². The van der Waals surface area contributed by atoms with Crippen molar-refractivity contribution in [3.63, 3.8) is 0 Å². The maximum Gasteiger partial charge on any atom is 0.573 e. The summed E-state index contributed by atoms with van der Waals surface area (Å²) < 4.78 is 54.1. The number of aryl methyl sites for hydroxylation is 2. The van der Waals surface area contributed by atoms with E-state index in [-0.39, 0.29) is 5.75 Å². The minimum Gasteiger partial charge on any atom is -0.494 e. The van der Waals surface area contributed by atoms with Gasteiger partial charge in [0.2, 0.25) is 0 Å². The Bertz CT molecular complexity index is 1200. The zero-order valence-electron chi connectivity index (χ0n) is 17.5. The maximum absolute atomic E-state index is 12.3. The van der Waals surface area contributed by atoms with Crippen LogP contribution in [-0.4, -0.2) is 27.5 Å². The van der Waals surface area contributed by atoms with Gasteiger partial charge in [0.1, 0.15) is 28.8 Å². The Hall–Kier alpha value is -3.46. The topological polar surface area (TPSA) is 62.3 Å². The molecule has 0 N–H and O–H groups in total. The first-order chi connectivity index (χ1) is 15.8. The first-order valence-corrected chi connectivity index (χ1v) is 10.4. The molecule has 0 unspecified atom stereocenters. The van der Waals surface area contributed by atoms with Crippen LogP contribution in [0.1, 0.15) is 18.0 Å². The Balaban J connectivity index is 1.43. The van der Waals surface area contributed by atoms with Crippen LogP contribution in [-0.2, 0) is 6.42 Å². The van der Waals surface area contributed by atoms with Gasteiger partial charge >= 0.3 is 12.4 Å². The fraction of sp³-hybridized carbons (Fsp3) is 0.217. The Kier molecular flexibility index (Phi) is 6.60. The van der Waals surface area contributed by atoms with Gasteiger partial charge in [-0.15, -0.1) is 13.2 Å². The number of benzene rings is 2. The molecule has 0 radical (unpaired) electrons. The zero-order chi connectivity index (χ0) is 23.4. The largest absolute Gasteiger partial charge is 0.573 e. The molecule has 0 saturated heterocycles. The molecule has 0 spiro atoms. The Morgan fingerprint density at radius 3 is 2.36 bits per heavy atom. The lowest BCUT2D eigenvalue weighted by molar-refractivity contribution is -0.274. The second-order valence-electron chi connectivity index (χ2n) is 7.09. The number of nitrogens with zero attached hydrogens (tertiary/aromatic N) is 3. The molecule has 0 aliphatic rings. The fourth-order valence-corrected chi connectivity index (χ4v) is 3.31. The molecule has 0 atom stereocenters. The molecule has 0 bridgehead atoms. The molecular weight excluding hydrogens is 459 g/mol. The summed E-state index contributed by atoms with van der Waals surface area (Å²) in [5.74, 6) is 1.56. The predicted octanol–water partition coefficient (Wildman–Crippen LogP) is 6.40. The standard InChI is InChI=1S/C23H19ClF3N3O3/c1-15-28-12-13-30(15)22-29-21(16-4-6-17(24)7-5-16)20(32-22)3-2-14-31-18-8-10-19(11-9-18)33-23(25,26)27/h4-13H,2-3,14H2,1H3. The summed E-state index contributed by atoms with van der Waals surface area (Å²) in [7, 11) is 0. The smallest absolute Gasteiger partial charge is 0.494 e. The average molecular weight is 478 g/mol. The van der Waals surface area contributed by atoms with Crippen molar-refractivity contribution in [1.82, 2.24) is 14.5 Å². The van der Waals surface area contributed by atoms with Crippen LogP contribution < -0.4 is 9.47 Å². The second-order valence-corrected chi connectivity index (χ2v) is 7.53. The molecule has 10 heteroatoms. The van der Waals surface area contributed by atoms with E-state index in [0.29, 0.717) is 47.7 Å². The van der Waals surface area contributed by atoms with Crippen molar-refractivity contribution in [2.45, 2.75) is 26.1 Å². The number of aromatic nitrogens is 3. The number of halogens is 4. The Morgan fingerprint density at radius 1 is 1.03 bits per heavy atom. The lowest BCUT2D eigenvalue weighted by atomic mass is 10.1. The molecule has 2 aromatic carbocycles. The van der Waals surface area contributed by atoms with Crippen molar-refractivity contribution in [1.29, 1.82) is 0 Å². The van der Waals surface area contributed by atoms with Crippen LogP contribution in [0.25, 0.3) is 17.3 Å². The summed E-state index contributed by atoms with van der Waals surface area (Å²) in [5.41, 5.74) is 1.56. The van der Waals surface area contributed by atoms with E-state index in [4.69, 9.17) is 20.8 Å². The number of hydrogen-bond acceptors (Lipinski definition) is 5. The van der Waals surface area contributed by atoms with Crippen LogP contribution in [0.2, 0.25) is 5.02 Å². The molecular formula is C23H19ClF3N3O3. The van der Waals surface area contributed by atoms with E-state index in [0.717, 1.165) is 11.4 Å². The highest BCUT2D eigenvalue weighted by Gasteiger charge is 2.31. The molecule has 33 heavy (non-hydrogen) atoms. The van der Waals surface area contributed by atoms with E-state index < -0.39 is 6.36 Å². The van der Waals surface area contributed by atoms with Crippen LogP contribution in [0.15, 0.2) is 65.3 Å². The quantitative estimate of drug-likeness (QED) is 0.275. The van der Waals surface area contributed by atoms with Gasteiger partial charge in [0.05, 0.1) is 6.61 Å². The van der Waals surface area contributed by atoms with E-state index in [9.17, 15) is 13.2 Å². The van der Waals surface area contributed by atoms with Gasteiger partial charge < -0.3 is 13.9 Å². The number of alkyl halides is 3. The Morgan fingerprint density at radius 2 is 1.73 bits per heavy atom. The van der Waals surface area contributed by atoms with Gasteiger partial charge in [-0.05, 0) is 49.7 Å². The van der Waals surface area contributed by atoms with Crippen molar-refractivity contribution >= 4 is 11.6 Å². The molecule has 0 aliphatic heterocycles. The van der Waals surface area contributed by atoms with Crippen LogP contribution in [0.3, 0.4) is 0 Å². The molecule has 0 aliphatic carbocycles. The van der Waals surface area contributed by atoms with E-state index >= 15 is 0 Å². The van der Waals surface area contributed by atoms with Crippen molar-refractivity contribution in [3.8, 4) is 28.8 Å². The first-order valence-electron chi connectivity index (χ1n) is 10.0. The third kappa shape index (κ3) is 5.87. The van der Waals surface area contributed by atoms with Crippen LogP contribution in [0, 0.1) is 6.92 Å². The van der Waals surface area contributed by atoms with E-state index in [2.05, 4.69) is 14.7 Å². The van der Waals surface area contributed by atoms with Crippen LogP contribution in [0.5, 0.6) is 11.5 Å². The number of ether oxygens (including phenoxy) is 2. The van der Waals surface area contributed by atoms with Crippen molar-refractivity contribution in [2.24, 2.45) is 0 Å². The van der Waals surface area contributed by atoms with Gasteiger partial charge in [0.25, 0.3) is 0 Å².